The van der Waals surface area contributed by atoms with E-state index in [-0.39, 0.29) is 11.8 Å². The highest BCUT2D eigenvalue weighted by Crippen LogP contribution is 2.22. The third kappa shape index (κ3) is 4.94. The summed E-state index contributed by atoms with van der Waals surface area (Å²) in [4.78, 5) is 33.6. The first kappa shape index (κ1) is 19.2. The SMILES string of the molecule is CC(C)CCNC(=O)C(C)(C)C(=O)N1CCN(c2ccccn2)CC1. The number of hydrogen-bond donors (Lipinski definition) is 1. The Labute approximate surface area is 150 Å². The van der Waals surface area contributed by atoms with Gasteiger partial charge < -0.3 is 15.1 Å². The molecule has 0 saturated carbocycles. The lowest BCUT2D eigenvalue weighted by atomic mass is 9.89. The molecule has 1 fully saturated rings. The van der Waals surface area contributed by atoms with Crippen LogP contribution >= 0.6 is 0 Å². The van der Waals surface area contributed by atoms with Crippen molar-refractivity contribution in [1.29, 1.82) is 0 Å². The fourth-order valence-electron chi connectivity index (χ4n) is 2.87. The van der Waals surface area contributed by atoms with Gasteiger partial charge in [0.2, 0.25) is 11.8 Å². The molecule has 0 atom stereocenters. The summed E-state index contributed by atoms with van der Waals surface area (Å²) in [5.41, 5.74) is -1.04. The first-order valence-electron chi connectivity index (χ1n) is 9.06. The normalized spacial score (nSPS) is 15.4. The fourth-order valence-corrected chi connectivity index (χ4v) is 2.87. The van der Waals surface area contributed by atoms with Gasteiger partial charge in [-0.2, -0.15) is 0 Å². The average molecular weight is 346 g/mol. The van der Waals surface area contributed by atoms with Crippen LogP contribution in [0.3, 0.4) is 0 Å². The summed E-state index contributed by atoms with van der Waals surface area (Å²) < 4.78 is 0. The average Bonchev–Trinajstić information content (AvgIpc) is 2.61. The Morgan fingerprint density at radius 3 is 2.44 bits per heavy atom. The highest BCUT2D eigenvalue weighted by atomic mass is 16.2. The molecule has 0 unspecified atom stereocenters. The predicted octanol–water partition coefficient (Wildman–Crippen LogP) is 1.92. The summed E-state index contributed by atoms with van der Waals surface area (Å²) >= 11 is 0. The summed E-state index contributed by atoms with van der Waals surface area (Å²) in [6, 6.07) is 5.83. The fraction of sp³-hybridized carbons (Fsp3) is 0.632. The van der Waals surface area contributed by atoms with Crippen molar-refractivity contribution < 1.29 is 9.59 Å². The van der Waals surface area contributed by atoms with E-state index in [0.29, 0.717) is 25.6 Å². The Kier molecular flexibility index (Phi) is 6.39. The molecular weight excluding hydrogens is 316 g/mol. The molecule has 2 amide bonds. The predicted molar refractivity (Wildman–Crippen MR) is 99.3 cm³/mol. The lowest BCUT2D eigenvalue weighted by Crippen LogP contribution is -2.55. The van der Waals surface area contributed by atoms with Gasteiger partial charge in [0.05, 0.1) is 0 Å². The number of pyridine rings is 1. The van der Waals surface area contributed by atoms with Gasteiger partial charge in [0.25, 0.3) is 0 Å². The topological polar surface area (TPSA) is 65.5 Å². The van der Waals surface area contributed by atoms with Crippen LogP contribution in [0, 0.1) is 11.3 Å². The molecule has 25 heavy (non-hydrogen) atoms. The zero-order valence-corrected chi connectivity index (χ0v) is 15.8. The van der Waals surface area contributed by atoms with E-state index in [2.05, 4.69) is 29.0 Å². The van der Waals surface area contributed by atoms with Crippen molar-refractivity contribution in [1.82, 2.24) is 15.2 Å². The number of piperazine rings is 1. The van der Waals surface area contributed by atoms with Crippen molar-refractivity contribution in [2.75, 3.05) is 37.6 Å². The van der Waals surface area contributed by atoms with Crippen molar-refractivity contribution >= 4 is 17.6 Å². The first-order chi connectivity index (χ1) is 11.8. The van der Waals surface area contributed by atoms with Crippen molar-refractivity contribution in [3.8, 4) is 0 Å². The number of nitrogens with zero attached hydrogens (tertiary/aromatic N) is 3. The Morgan fingerprint density at radius 1 is 1.20 bits per heavy atom. The molecule has 1 aliphatic rings. The molecule has 138 valence electrons. The number of nitrogens with one attached hydrogen (secondary N) is 1. The van der Waals surface area contributed by atoms with Crippen LogP contribution in [0.1, 0.15) is 34.1 Å². The van der Waals surface area contributed by atoms with Gasteiger partial charge >= 0.3 is 0 Å². The molecule has 0 spiro atoms. The molecule has 6 heteroatoms. The van der Waals surface area contributed by atoms with E-state index in [1.165, 1.54) is 0 Å². The van der Waals surface area contributed by atoms with Crippen molar-refractivity contribution in [3.63, 3.8) is 0 Å². The second-order valence-corrected chi connectivity index (χ2v) is 7.53. The number of aromatic nitrogens is 1. The highest BCUT2D eigenvalue weighted by molar-refractivity contribution is 6.04. The monoisotopic (exact) mass is 346 g/mol. The molecule has 1 aliphatic heterocycles. The number of anilines is 1. The van der Waals surface area contributed by atoms with Crippen LogP contribution in [0.25, 0.3) is 0 Å². The van der Waals surface area contributed by atoms with Gasteiger partial charge in [-0.25, -0.2) is 4.98 Å². The molecule has 0 bridgehead atoms. The van der Waals surface area contributed by atoms with E-state index in [1.54, 1.807) is 24.9 Å². The van der Waals surface area contributed by atoms with Crippen LogP contribution in [0.15, 0.2) is 24.4 Å². The van der Waals surface area contributed by atoms with Crippen LogP contribution in [-0.2, 0) is 9.59 Å². The third-order valence-corrected chi connectivity index (χ3v) is 4.65. The van der Waals surface area contributed by atoms with Crippen LogP contribution in [0.2, 0.25) is 0 Å². The summed E-state index contributed by atoms with van der Waals surface area (Å²) in [5, 5.41) is 2.90. The molecule has 2 heterocycles. The van der Waals surface area contributed by atoms with Crippen LogP contribution in [0.4, 0.5) is 5.82 Å². The summed E-state index contributed by atoms with van der Waals surface area (Å²) in [5.74, 6) is 1.17. The Balaban J connectivity index is 1.88. The molecule has 0 aliphatic carbocycles. The lowest BCUT2D eigenvalue weighted by molar-refractivity contribution is -0.148. The van der Waals surface area contributed by atoms with Gasteiger partial charge in [-0.05, 0) is 38.3 Å². The second-order valence-electron chi connectivity index (χ2n) is 7.53. The molecule has 2 rings (SSSR count). The van der Waals surface area contributed by atoms with Crippen molar-refractivity contribution in [2.24, 2.45) is 11.3 Å². The largest absolute Gasteiger partial charge is 0.355 e. The number of carbonyl (C=O) groups excluding carboxylic acids is 2. The molecular formula is C19H30N4O2. The van der Waals surface area contributed by atoms with E-state index in [9.17, 15) is 9.59 Å². The zero-order valence-electron chi connectivity index (χ0n) is 15.8. The van der Waals surface area contributed by atoms with Gasteiger partial charge in [-0.3, -0.25) is 9.59 Å². The van der Waals surface area contributed by atoms with E-state index < -0.39 is 5.41 Å². The minimum Gasteiger partial charge on any atom is -0.355 e. The Bertz CT molecular complexity index is 578. The smallest absolute Gasteiger partial charge is 0.237 e. The number of carbonyl (C=O) groups is 2. The standard InChI is InChI=1S/C19H30N4O2/c1-15(2)8-10-21-17(24)19(3,4)18(25)23-13-11-22(12-14-23)16-7-5-6-9-20-16/h5-7,9,15H,8,10-14H2,1-4H3,(H,21,24). The van der Waals surface area contributed by atoms with Gasteiger partial charge in [0, 0.05) is 38.9 Å². The Morgan fingerprint density at radius 2 is 1.88 bits per heavy atom. The molecule has 1 aromatic rings. The number of rotatable bonds is 6. The zero-order chi connectivity index (χ0) is 18.4. The highest BCUT2D eigenvalue weighted by Gasteiger charge is 2.39. The van der Waals surface area contributed by atoms with Crippen LogP contribution in [-0.4, -0.2) is 54.4 Å². The minimum absolute atomic E-state index is 0.102. The molecule has 0 radical (unpaired) electrons. The van der Waals surface area contributed by atoms with Gasteiger partial charge in [-0.15, -0.1) is 0 Å². The van der Waals surface area contributed by atoms with Gasteiger partial charge in [0.15, 0.2) is 0 Å². The number of hydrogen-bond acceptors (Lipinski definition) is 4. The molecule has 1 saturated heterocycles. The second kappa shape index (κ2) is 8.32. The number of amides is 2. The van der Waals surface area contributed by atoms with Crippen molar-refractivity contribution in [2.45, 2.75) is 34.1 Å². The maximum Gasteiger partial charge on any atom is 0.237 e. The molecule has 1 N–H and O–H groups in total. The maximum atomic E-state index is 12.8. The summed E-state index contributed by atoms with van der Waals surface area (Å²) in [7, 11) is 0. The molecule has 6 nitrogen and oxygen atoms in total. The Hall–Kier alpha value is -2.11. The van der Waals surface area contributed by atoms with Gasteiger partial charge in [0.1, 0.15) is 11.2 Å². The van der Waals surface area contributed by atoms with E-state index in [1.807, 2.05) is 18.2 Å². The first-order valence-corrected chi connectivity index (χ1v) is 9.06. The third-order valence-electron chi connectivity index (χ3n) is 4.65. The van der Waals surface area contributed by atoms with E-state index >= 15 is 0 Å². The summed E-state index contributed by atoms with van der Waals surface area (Å²) in [6.45, 7) is 10.9. The molecule has 0 aromatic carbocycles. The minimum atomic E-state index is -1.04. The van der Waals surface area contributed by atoms with Crippen LogP contribution < -0.4 is 10.2 Å². The lowest BCUT2D eigenvalue weighted by Gasteiger charge is -2.38. The van der Waals surface area contributed by atoms with E-state index in [0.717, 1.165) is 25.3 Å². The van der Waals surface area contributed by atoms with Gasteiger partial charge in [-0.1, -0.05) is 19.9 Å². The molecule has 1 aromatic heterocycles. The van der Waals surface area contributed by atoms with Crippen LogP contribution in [0.5, 0.6) is 0 Å². The quantitative estimate of drug-likeness (QED) is 0.799. The summed E-state index contributed by atoms with van der Waals surface area (Å²) in [6.07, 6.45) is 2.69. The maximum absolute atomic E-state index is 12.8. The van der Waals surface area contributed by atoms with Crippen molar-refractivity contribution in [3.05, 3.63) is 24.4 Å². The van der Waals surface area contributed by atoms with E-state index in [4.69, 9.17) is 0 Å².